The number of carboxylic acids is 1. The zero-order chi connectivity index (χ0) is 12.3. The van der Waals surface area contributed by atoms with Crippen LogP contribution in [0.25, 0.3) is 0 Å². The third-order valence-corrected chi connectivity index (χ3v) is 3.57. The molecule has 0 aromatic heterocycles. The SMILES string of the molecule is CCC(C(=O)O)c1ccccc1S(C)(=O)=O. The first kappa shape index (κ1) is 12.7. The first-order chi connectivity index (χ1) is 7.38. The van der Waals surface area contributed by atoms with Crippen molar-refractivity contribution in [3.05, 3.63) is 29.8 Å². The van der Waals surface area contributed by atoms with E-state index >= 15 is 0 Å². The molecule has 0 bridgehead atoms. The van der Waals surface area contributed by atoms with Gasteiger partial charge in [0.25, 0.3) is 0 Å². The third-order valence-electron chi connectivity index (χ3n) is 2.40. The number of benzene rings is 1. The van der Waals surface area contributed by atoms with Gasteiger partial charge in [0.15, 0.2) is 9.84 Å². The molecule has 0 aliphatic carbocycles. The van der Waals surface area contributed by atoms with Gasteiger partial charge < -0.3 is 5.11 Å². The molecule has 0 aliphatic heterocycles. The summed E-state index contributed by atoms with van der Waals surface area (Å²) in [5, 5.41) is 9.02. The molecule has 0 radical (unpaired) electrons. The van der Waals surface area contributed by atoms with E-state index < -0.39 is 21.7 Å². The van der Waals surface area contributed by atoms with Crippen LogP contribution in [0.15, 0.2) is 29.2 Å². The summed E-state index contributed by atoms with van der Waals surface area (Å²) in [4.78, 5) is 11.1. The Morgan fingerprint density at radius 2 is 1.94 bits per heavy atom. The molecule has 1 unspecified atom stereocenters. The first-order valence-corrected chi connectivity index (χ1v) is 6.78. The molecule has 16 heavy (non-hydrogen) atoms. The lowest BCUT2D eigenvalue weighted by atomic mass is 9.97. The van der Waals surface area contributed by atoms with Crippen LogP contribution in [0.2, 0.25) is 0 Å². The number of hydrogen-bond acceptors (Lipinski definition) is 3. The second-order valence-electron chi connectivity index (χ2n) is 3.61. The van der Waals surface area contributed by atoms with Crippen LogP contribution in [0, 0.1) is 0 Å². The minimum Gasteiger partial charge on any atom is -0.481 e. The van der Waals surface area contributed by atoms with Gasteiger partial charge in [-0.3, -0.25) is 4.79 Å². The summed E-state index contributed by atoms with van der Waals surface area (Å²) in [7, 11) is -3.39. The van der Waals surface area contributed by atoms with Crippen molar-refractivity contribution in [3.63, 3.8) is 0 Å². The Labute approximate surface area is 94.8 Å². The van der Waals surface area contributed by atoms with E-state index in [2.05, 4.69) is 0 Å². The molecule has 0 fully saturated rings. The van der Waals surface area contributed by atoms with Gasteiger partial charge in [-0.1, -0.05) is 25.1 Å². The largest absolute Gasteiger partial charge is 0.481 e. The molecule has 1 aromatic rings. The van der Waals surface area contributed by atoms with Crippen LogP contribution in [-0.2, 0) is 14.6 Å². The van der Waals surface area contributed by atoms with Gasteiger partial charge in [0, 0.05) is 6.26 Å². The normalized spacial score (nSPS) is 13.4. The zero-order valence-corrected chi connectivity index (χ0v) is 9.99. The summed E-state index contributed by atoms with van der Waals surface area (Å²) in [6.07, 6.45) is 1.45. The summed E-state index contributed by atoms with van der Waals surface area (Å²) < 4.78 is 23.0. The lowest BCUT2D eigenvalue weighted by Crippen LogP contribution is -2.14. The molecule has 1 N–H and O–H groups in total. The molecule has 1 rings (SSSR count). The molecule has 1 atom stereocenters. The van der Waals surface area contributed by atoms with E-state index in [0.717, 1.165) is 6.26 Å². The Bertz CT molecular complexity index is 490. The molecular weight excluding hydrogens is 228 g/mol. The highest BCUT2D eigenvalue weighted by Gasteiger charge is 2.23. The average Bonchev–Trinajstić information content (AvgIpc) is 2.17. The Morgan fingerprint density at radius 1 is 1.38 bits per heavy atom. The van der Waals surface area contributed by atoms with Crippen LogP contribution >= 0.6 is 0 Å². The van der Waals surface area contributed by atoms with Gasteiger partial charge in [0.05, 0.1) is 10.8 Å². The fourth-order valence-corrected chi connectivity index (χ4v) is 2.60. The van der Waals surface area contributed by atoms with Gasteiger partial charge in [0.2, 0.25) is 0 Å². The maximum Gasteiger partial charge on any atom is 0.311 e. The van der Waals surface area contributed by atoms with Crippen molar-refractivity contribution >= 4 is 15.8 Å². The van der Waals surface area contributed by atoms with Crippen LogP contribution in [0.1, 0.15) is 24.8 Å². The van der Waals surface area contributed by atoms with Crippen molar-refractivity contribution in [2.45, 2.75) is 24.2 Å². The monoisotopic (exact) mass is 242 g/mol. The van der Waals surface area contributed by atoms with E-state index in [9.17, 15) is 13.2 Å². The molecule has 88 valence electrons. The predicted molar refractivity (Wildman–Crippen MR) is 60.2 cm³/mol. The van der Waals surface area contributed by atoms with Crippen LogP contribution in [0.4, 0.5) is 0 Å². The number of carbonyl (C=O) groups is 1. The quantitative estimate of drug-likeness (QED) is 0.871. The number of carboxylic acid groups (broad SMARTS) is 1. The van der Waals surface area contributed by atoms with Crippen molar-refractivity contribution in [2.75, 3.05) is 6.26 Å². The maximum atomic E-state index is 11.5. The van der Waals surface area contributed by atoms with Crippen LogP contribution in [-0.4, -0.2) is 25.7 Å². The van der Waals surface area contributed by atoms with Crippen LogP contribution < -0.4 is 0 Å². The van der Waals surface area contributed by atoms with E-state index in [1.54, 1.807) is 25.1 Å². The fourth-order valence-electron chi connectivity index (χ4n) is 1.63. The number of hydrogen-bond donors (Lipinski definition) is 1. The van der Waals surface area contributed by atoms with E-state index in [1.807, 2.05) is 0 Å². The summed E-state index contributed by atoms with van der Waals surface area (Å²) in [5.74, 6) is -1.77. The third kappa shape index (κ3) is 2.61. The first-order valence-electron chi connectivity index (χ1n) is 4.89. The summed E-state index contributed by atoms with van der Waals surface area (Å²) in [6, 6.07) is 6.24. The van der Waals surface area contributed by atoms with Gasteiger partial charge in [0.1, 0.15) is 0 Å². The summed E-state index contributed by atoms with van der Waals surface area (Å²) in [5.41, 5.74) is 0.361. The smallest absolute Gasteiger partial charge is 0.311 e. The molecule has 4 nitrogen and oxygen atoms in total. The minimum atomic E-state index is -3.39. The van der Waals surface area contributed by atoms with Gasteiger partial charge in [-0.25, -0.2) is 8.42 Å². The summed E-state index contributed by atoms with van der Waals surface area (Å²) in [6.45, 7) is 1.72. The Kier molecular flexibility index (Phi) is 3.70. The topological polar surface area (TPSA) is 71.4 Å². The molecule has 5 heteroatoms. The Morgan fingerprint density at radius 3 is 2.38 bits per heavy atom. The van der Waals surface area contributed by atoms with Crippen LogP contribution in [0.5, 0.6) is 0 Å². The molecule has 0 amide bonds. The standard InChI is InChI=1S/C11H14O4S/c1-3-8(11(12)13)9-6-4-5-7-10(9)16(2,14)15/h4-8H,3H2,1-2H3,(H,12,13). The fraction of sp³-hybridized carbons (Fsp3) is 0.364. The van der Waals surface area contributed by atoms with Gasteiger partial charge in [-0.15, -0.1) is 0 Å². The van der Waals surface area contributed by atoms with E-state index in [-0.39, 0.29) is 4.90 Å². The molecule has 0 saturated heterocycles. The van der Waals surface area contributed by atoms with Crippen molar-refractivity contribution in [2.24, 2.45) is 0 Å². The molecule has 1 aromatic carbocycles. The van der Waals surface area contributed by atoms with E-state index in [0.29, 0.717) is 12.0 Å². The lowest BCUT2D eigenvalue weighted by molar-refractivity contribution is -0.138. The molecule has 0 heterocycles. The van der Waals surface area contributed by atoms with Crippen molar-refractivity contribution in [1.29, 1.82) is 0 Å². The van der Waals surface area contributed by atoms with Crippen LogP contribution in [0.3, 0.4) is 0 Å². The second-order valence-corrected chi connectivity index (χ2v) is 5.59. The average molecular weight is 242 g/mol. The van der Waals surface area contributed by atoms with E-state index in [1.165, 1.54) is 6.07 Å². The number of aliphatic carboxylic acids is 1. The minimum absolute atomic E-state index is 0.101. The molecule has 0 spiro atoms. The summed E-state index contributed by atoms with van der Waals surface area (Å²) >= 11 is 0. The number of sulfone groups is 1. The highest BCUT2D eigenvalue weighted by Crippen LogP contribution is 2.26. The lowest BCUT2D eigenvalue weighted by Gasteiger charge is -2.13. The molecule has 0 aliphatic rings. The van der Waals surface area contributed by atoms with Gasteiger partial charge in [-0.05, 0) is 18.1 Å². The highest BCUT2D eigenvalue weighted by atomic mass is 32.2. The highest BCUT2D eigenvalue weighted by molar-refractivity contribution is 7.90. The van der Waals surface area contributed by atoms with Gasteiger partial charge >= 0.3 is 5.97 Å². The van der Waals surface area contributed by atoms with Gasteiger partial charge in [-0.2, -0.15) is 0 Å². The zero-order valence-electron chi connectivity index (χ0n) is 9.17. The molecule has 0 saturated carbocycles. The van der Waals surface area contributed by atoms with Crippen molar-refractivity contribution in [3.8, 4) is 0 Å². The Hall–Kier alpha value is -1.36. The van der Waals surface area contributed by atoms with E-state index in [4.69, 9.17) is 5.11 Å². The van der Waals surface area contributed by atoms with Crippen molar-refractivity contribution in [1.82, 2.24) is 0 Å². The number of rotatable bonds is 4. The predicted octanol–water partition coefficient (Wildman–Crippen LogP) is 1.67. The maximum absolute atomic E-state index is 11.5. The van der Waals surface area contributed by atoms with Crippen molar-refractivity contribution < 1.29 is 18.3 Å². The Balaban J connectivity index is 3.39. The second kappa shape index (κ2) is 4.65. The molecular formula is C11H14O4S.